The Morgan fingerprint density at radius 3 is 2.71 bits per heavy atom. The maximum atomic E-state index is 12.5. The van der Waals surface area contributed by atoms with Crippen molar-refractivity contribution in [2.75, 3.05) is 0 Å². The van der Waals surface area contributed by atoms with Gasteiger partial charge in [0.2, 0.25) is 5.91 Å². The molecule has 1 fully saturated rings. The molecule has 2 aromatic carbocycles. The Hall–Kier alpha value is -2.35. The van der Waals surface area contributed by atoms with Crippen LogP contribution < -0.4 is 5.32 Å². The summed E-state index contributed by atoms with van der Waals surface area (Å²) in [6.07, 6.45) is 4.69. The molecule has 2 aliphatic carbocycles. The van der Waals surface area contributed by atoms with Crippen molar-refractivity contribution < 1.29 is 4.79 Å². The van der Waals surface area contributed by atoms with Gasteiger partial charge in [-0.3, -0.25) is 4.79 Å². The fourth-order valence-corrected chi connectivity index (χ4v) is 4.25. The molecule has 0 aromatic heterocycles. The van der Waals surface area contributed by atoms with Gasteiger partial charge >= 0.3 is 0 Å². The van der Waals surface area contributed by atoms with E-state index >= 15 is 0 Å². The number of fused-ring (bicyclic) bond motifs is 3. The molecular weight excluding hydrogens is 294 g/mol. The summed E-state index contributed by atoms with van der Waals surface area (Å²) in [6, 6.07) is 19.1. The van der Waals surface area contributed by atoms with Gasteiger partial charge in [-0.2, -0.15) is 0 Å². The molecule has 0 bridgehead atoms. The van der Waals surface area contributed by atoms with Crippen molar-refractivity contribution in [3.05, 3.63) is 83.9 Å². The second-order valence-corrected chi connectivity index (χ2v) is 6.98. The predicted octanol–water partition coefficient (Wildman–Crippen LogP) is 4.19. The van der Waals surface area contributed by atoms with Gasteiger partial charge in [0.1, 0.15) is 0 Å². The smallest absolute Gasteiger partial charge is 0.221 e. The summed E-state index contributed by atoms with van der Waals surface area (Å²) < 4.78 is 0. The van der Waals surface area contributed by atoms with Crippen molar-refractivity contribution in [3.63, 3.8) is 0 Å². The summed E-state index contributed by atoms with van der Waals surface area (Å²) in [5.41, 5.74) is 4.06. The van der Waals surface area contributed by atoms with E-state index in [1.165, 1.54) is 17.5 Å². The van der Waals surface area contributed by atoms with Gasteiger partial charge < -0.3 is 5.32 Å². The van der Waals surface area contributed by atoms with E-state index in [0.29, 0.717) is 24.3 Å². The summed E-state index contributed by atoms with van der Waals surface area (Å²) in [5.74, 6) is 1.38. The molecule has 2 aliphatic rings. The van der Waals surface area contributed by atoms with Crippen molar-refractivity contribution in [3.8, 4) is 0 Å². The Morgan fingerprint density at radius 1 is 1.17 bits per heavy atom. The summed E-state index contributed by atoms with van der Waals surface area (Å²) in [5, 5.41) is 3.28. The van der Waals surface area contributed by atoms with Crippen LogP contribution in [0.4, 0.5) is 0 Å². The van der Waals surface area contributed by atoms with Crippen LogP contribution in [0.1, 0.15) is 41.4 Å². The van der Waals surface area contributed by atoms with Gasteiger partial charge in [-0.1, -0.05) is 60.7 Å². The molecule has 1 saturated carbocycles. The Bertz CT molecular complexity index is 752. The second kappa shape index (κ2) is 6.27. The van der Waals surface area contributed by atoms with Gasteiger partial charge in [0.15, 0.2) is 0 Å². The molecular formula is C22H23NO. The summed E-state index contributed by atoms with van der Waals surface area (Å²) in [6.45, 7) is 3.91. The zero-order valence-corrected chi connectivity index (χ0v) is 13.8. The second-order valence-electron chi connectivity index (χ2n) is 6.98. The van der Waals surface area contributed by atoms with Gasteiger partial charge in [0.05, 0.1) is 0 Å². The first kappa shape index (κ1) is 15.2. The number of amides is 1. The average molecular weight is 317 g/mol. The number of hydrogen-bond acceptors (Lipinski definition) is 1. The van der Waals surface area contributed by atoms with E-state index < -0.39 is 0 Å². The lowest BCUT2D eigenvalue weighted by Crippen LogP contribution is -2.28. The Balaban J connectivity index is 1.40. The molecule has 4 rings (SSSR count). The van der Waals surface area contributed by atoms with Crippen LogP contribution >= 0.6 is 0 Å². The molecule has 0 radical (unpaired) electrons. The minimum Gasteiger partial charge on any atom is -0.352 e. The van der Waals surface area contributed by atoms with E-state index in [-0.39, 0.29) is 11.8 Å². The summed E-state index contributed by atoms with van der Waals surface area (Å²) >= 11 is 0. The van der Waals surface area contributed by atoms with Crippen LogP contribution in [0.5, 0.6) is 0 Å². The SMILES string of the molecule is C=CC(CC(=O)NC1C2CCc3ccccc3C21)c1ccccc1. The first-order valence-electron chi connectivity index (χ1n) is 8.82. The predicted molar refractivity (Wildman–Crippen MR) is 96.9 cm³/mol. The molecule has 0 spiro atoms. The van der Waals surface area contributed by atoms with E-state index in [4.69, 9.17) is 0 Å². The molecule has 4 unspecified atom stereocenters. The molecule has 0 saturated heterocycles. The number of benzene rings is 2. The molecule has 2 aromatic rings. The third-order valence-corrected chi connectivity index (χ3v) is 5.57. The topological polar surface area (TPSA) is 29.1 Å². The van der Waals surface area contributed by atoms with Crippen molar-refractivity contribution in [1.29, 1.82) is 0 Å². The van der Waals surface area contributed by atoms with Gasteiger partial charge in [-0.15, -0.1) is 6.58 Å². The lowest BCUT2D eigenvalue weighted by atomic mass is 9.92. The maximum absolute atomic E-state index is 12.5. The Morgan fingerprint density at radius 2 is 1.92 bits per heavy atom. The first-order chi connectivity index (χ1) is 11.8. The molecule has 0 aliphatic heterocycles. The van der Waals surface area contributed by atoms with Crippen molar-refractivity contribution >= 4 is 5.91 Å². The lowest BCUT2D eigenvalue weighted by molar-refractivity contribution is -0.121. The fourth-order valence-electron chi connectivity index (χ4n) is 4.25. The fraction of sp³-hybridized carbons (Fsp3) is 0.318. The van der Waals surface area contributed by atoms with Crippen LogP contribution in [0.3, 0.4) is 0 Å². The highest BCUT2D eigenvalue weighted by Gasteiger charge is 2.53. The third kappa shape index (κ3) is 2.77. The van der Waals surface area contributed by atoms with E-state index in [0.717, 1.165) is 12.0 Å². The highest BCUT2D eigenvalue weighted by molar-refractivity contribution is 5.78. The van der Waals surface area contributed by atoms with Crippen LogP contribution in [0.15, 0.2) is 67.3 Å². The van der Waals surface area contributed by atoms with Gasteiger partial charge in [0.25, 0.3) is 0 Å². The minimum atomic E-state index is 0.0827. The number of carbonyl (C=O) groups is 1. The summed E-state index contributed by atoms with van der Waals surface area (Å²) in [7, 11) is 0. The summed E-state index contributed by atoms with van der Waals surface area (Å²) in [4.78, 5) is 12.5. The van der Waals surface area contributed by atoms with Gasteiger partial charge in [-0.05, 0) is 35.4 Å². The molecule has 122 valence electrons. The minimum absolute atomic E-state index is 0.0827. The largest absolute Gasteiger partial charge is 0.352 e. The van der Waals surface area contributed by atoms with Crippen molar-refractivity contribution in [1.82, 2.24) is 5.32 Å². The van der Waals surface area contributed by atoms with E-state index in [1.54, 1.807) is 0 Å². The average Bonchev–Trinajstić information content (AvgIpc) is 3.33. The molecule has 2 heteroatoms. The van der Waals surface area contributed by atoms with Crippen LogP contribution in [0, 0.1) is 5.92 Å². The number of allylic oxidation sites excluding steroid dienone is 1. The van der Waals surface area contributed by atoms with Gasteiger partial charge in [-0.25, -0.2) is 0 Å². The Kier molecular flexibility index (Phi) is 3.97. The standard InChI is InChI=1S/C22H23NO/c1-2-15(16-8-4-3-5-9-16)14-20(24)23-22-19-13-12-17-10-6-7-11-18(17)21(19)22/h2-11,15,19,21-22H,1,12-14H2,(H,23,24). The molecule has 2 nitrogen and oxygen atoms in total. The number of hydrogen-bond donors (Lipinski definition) is 1. The maximum Gasteiger partial charge on any atom is 0.221 e. The Labute approximate surface area is 143 Å². The molecule has 24 heavy (non-hydrogen) atoms. The molecule has 0 heterocycles. The van der Waals surface area contributed by atoms with Gasteiger partial charge in [0, 0.05) is 24.3 Å². The molecule has 4 atom stereocenters. The normalized spacial score (nSPS) is 25.1. The highest BCUT2D eigenvalue weighted by Crippen LogP contribution is 2.54. The van der Waals surface area contributed by atoms with Crippen molar-refractivity contribution in [2.45, 2.75) is 37.1 Å². The monoisotopic (exact) mass is 317 g/mol. The van der Waals surface area contributed by atoms with Crippen LogP contribution in [0.25, 0.3) is 0 Å². The van der Waals surface area contributed by atoms with Crippen LogP contribution in [-0.2, 0) is 11.2 Å². The van der Waals surface area contributed by atoms with Crippen LogP contribution in [-0.4, -0.2) is 11.9 Å². The number of aryl methyl sites for hydroxylation is 1. The van der Waals surface area contributed by atoms with E-state index in [9.17, 15) is 4.79 Å². The molecule has 1 amide bonds. The molecule has 1 N–H and O–H groups in total. The van der Waals surface area contributed by atoms with E-state index in [2.05, 4.69) is 48.3 Å². The first-order valence-corrected chi connectivity index (χ1v) is 8.82. The zero-order valence-electron chi connectivity index (χ0n) is 13.8. The van der Waals surface area contributed by atoms with Crippen molar-refractivity contribution in [2.24, 2.45) is 5.92 Å². The number of nitrogens with one attached hydrogen (secondary N) is 1. The highest BCUT2D eigenvalue weighted by atomic mass is 16.1. The number of rotatable bonds is 5. The zero-order chi connectivity index (χ0) is 16.5. The lowest BCUT2D eigenvalue weighted by Gasteiger charge is -2.13. The number of carbonyl (C=O) groups excluding carboxylic acids is 1. The van der Waals surface area contributed by atoms with Crippen LogP contribution in [0.2, 0.25) is 0 Å². The van der Waals surface area contributed by atoms with E-state index in [1.807, 2.05) is 24.3 Å². The quantitative estimate of drug-likeness (QED) is 0.823. The third-order valence-electron chi connectivity index (χ3n) is 5.57.